The van der Waals surface area contributed by atoms with Crippen LogP contribution in [0.4, 0.5) is 0 Å². The van der Waals surface area contributed by atoms with E-state index in [2.05, 4.69) is 27.1 Å². The normalized spacial score (nSPS) is 10.2. The van der Waals surface area contributed by atoms with E-state index in [-0.39, 0.29) is 17.1 Å². The van der Waals surface area contributed by atoms with E-state index >= 15 is 0 Å². The van der Waals surface area contributed by atoms with Gasteiger partial charge in [-0.2, -0.15) is 0 Å². The van der Waals surface area contributed by atoms with Gasteiger partial charge >= 0.3 is 0 Å². The van der Waals surface area contributed by atoms with Crippen LogP contribution in [0.2, 0.25) is 0 Å². The van der Waals surface area contributed by atoms with Crippen molar-refractivity contribution < 1.29 is 17.1 Å². The molecule has 0 saturated heterocycles. The number of fused-ring (bicyclic) bond motifs is 1. The Morgan fingerprint density at radius 3 is 2.61 bits per heavy atom. The summed E-state index contributed by atoms with van der Waals surface area (Å²) in [6.45, 7) is 0. The molecular weight excluding hydrogens is 278 g/mol. The molecule has 0 spiro atoms. The van der Waals surface area contributed by atoms with Gasteiger partial charge in [0.2, 0.25) is 0 Å². The average Bonchev–Trinajstić information content (AvgIpc) is 2.74. The summed E-state index contributed by atoms with van der Waals surface area (Å²) in [5, 5.41) is 0. The summed E-state index contributed by atoms with van der Waals surface area (Å²) in [6, 6.07) is 10.1. The van der Waals surface area contributed by atoms with Gasteiger partial charge in [0.15, 0.2) is 5.65 Å². The molecule has 0 fully saturated rings. The molecule has 6 heteroatoms. The Bertz CT molecular complexity index is 650. The molecular formula is C12H11CuN5. The first-order valence-corrected chi connectivity index (χ1v) is 5.30. The molecule has 0 atom stereocenters. The van der Waals surface area contributed by atoms with Crippen molar-refractivity contribution in [1.82, 2.24) is 19.6 Å². The first-order valence-electron chi connectivity index (χ1n) is 5.30. The second kappa shape index (κ2) is 5.16. The molecule has 5 nitrogen and oxygen atoms in total. The van der Waals surface area contributed by atoms with E-state index in [0.29, 0.717) is 5.65 Å². The van der Waals surface area contributed by atoms with Crippen LogP contribution in [0, 0.1) is 0 Å². The first kappa shape index (κ1) is 12.5. The fraction of sp³-hybridized carbons (Fsp3) is 0.0833. The van der Waals surface area contributed by atoms with Gasteiger partial charge in [-0.3, -0.25) is 0 Å². The minimum absolute atomic E-state index is 0. The molecule has 1 radical (unpaired) electrons. The number of imidazole rings is 1. The van der Waals surface area contributed by atoms with E-state index in [0.717, 1.165) is 17.6 Å². The summed E-state index contributed by atoms with van der Waals surface area (Å²) >= 11 is 0. The number of nitrogen functional groups attached to an aromatic ring is 1. The maximum absolute atomic E-state index is 5.70. The van der Waals surface area contributed by atoms with Gasteiger partial charge in [0.1, 0.15) is 18.2 Å². The van der Waals surface area contributed by atoms with Crippen LogP contribution >= 0.6 is 0 Å². The minimum atomic E-state index is 0. The molecule has 0 unspecified atom stereocenters. The summed E-state index contributed by atoms with van der Waals surface area (Å²) < 4.78 is 1.41. The van der Waals surface area contributed by atoms with Crippen molar-refractivity contribution in [1.29, 1.82) is 0 Å². The van der Waals surface area contributed by atoms with Crippen molar-refractivity contribution >= 4 is 11.2 Å². The number of rotatable bonds is 2. The van der Waals surface area contributed by atoms with Gasteiger partial charge in [-0.05, 0) is 5.56 Å². The van der Waals surface area contributed by atoms with Crippen molar-refractivity contribution in [2.24, 2.45) is 0 Å². The van der Waals surface area contributed by atoms with Gasteiger partial charge in [-0.25, -0.2) is 19.6 Å². The number of hydrogen-bond donors (Lipinski definition) is 1. The zero-order valence-corrected chi connectivity index (χ0v) is 10.4. The molecule has 0 bridgehead atoms. The largest absolute Gasteiger partial charge is 0.336 e. The Kier molecular flexibility index (Phi) is 3.60. The fourth-order valence-corrected chi connectivity index (χ4v) is 1.82. The smallest absolute Gasteiger partial charge is 0.181 e. The molecule has 2 N–H and O–H groups in total. The molecule has 3 aromatic rings. The molecule has 2 aromatic heterocycles. The van der Waals surface area contributed by atoms with Gasteiger partial charge < -0.3 is 5.84 Å². The van der Waals surface area contributed by atoms with E-state index in [1.807, 2.05) is 18.2 Å². The molecule has 18 heavy (non-hydrogen) atoms. The minimum Gasteiger partial charge on any atom is -0.336 e. The third-order valence-corrected chi connectivity index (χ3v) is 2.65. The van der Waals surface area contributed by atoms with Gasteiger partial charge in [-0.1, -0.05) is 30.3 Å². The number of hydrogen-bond acceptors (Lipinski definition) is 4. The van der Waals surface area contributed by atoms with E-state index in [4.69, 9.17) is 5.84 Å². The quantitative estimate of drug-likeness (QED) is 0.567. The molecule has 3 rings (SSSR count). The predicted molar refractivity (Wildman–Crippen MR) is 64.7 cm³/mol. The van der Waals surface area contributed by atoms with Gasteiger partial charge in [0.05, 0.1) is 5.69 Å². The summed E-state index contributed by atoms with van der Waals surface area (Å²) in [6.07, 6.45) is 3.80. The Morgan fingerprint density at radius 2 is 1.83 bits per heavy atom. The molecule has 0 aliphatic heterocycles. The molecule has 95 valence electrons. The van der Waals surface area contributed by atoms with Crippen LogP contribution in [0.25, 0.3) is 11.2 Å². The third-order valence-electron chi connectivity index (χ3n) is 2.65. The van der Waals surface area contributed by atoms with Crippen LogP contribution < -0.4 is 5.84 Å². The molecule has 0 aliphatic rings. The summed E-state index contributed by atoms with van der Waals surface area (Å²) in [4.78, 5) is 12.6. The van der Waals surface area contributed by atoms with Gasteiger partial charge in [0.25, 0.3) is 0 Å². The van der Waals surface area contributed by atoms with Crippen molar-refractivity contribution in [2.75, 3.05) is 5.84 Å². The molecule has 1 aromatic carbocycles. The predicted octanol–water partition coefficient (Wildman–Crippen LogP) is 1.13. The van der Waals surface area contributed by atoms with Crippen molar-refractivity contribution in [2.45, 2.75) is 6.42 Å². The number of nitrogens with zero attached hydrogens (tertiary/aromatic N) is 4. The molecule has 0 amide bonds. The maximum Gasteiger partial charge on any atom is 0.181 e. The zero-order valence-electron chi connectivity index (χ0n) is 9.42. The van der Waals surface area contributed by atoms with Crippen molar-refractivity contribution in [3.8, 4) is 0 Å². The van der Waals surface area contributed by atoms with E-state index in [1.165, 1.54) is 16.6 Å². The maximum atomic E-state index is 5.70. The summed E-state index contributed by atoms with van der Waals surface area (Å²) in [5.74, 6) is 5.70. The summed E-state index contributed by atoms with van der Waals surface area (Å²) in [7, 11) is 0. The second-order valence-electron chi connectivity index (χ2n) is 3.81. The number of nitrogens with two attached hydrogens (primary N) is 1. The van der Waals surface area contributed by atoms with Gasteiger partial charge in [0, 0.05) is 23.5 Å². The van der Waals surface area contributed by atoms with Crippen LogP contribution in [0.15, 0.2) is 43.0 Å². The topological polar surface area (TPSA) is 69.6 Å². The number of benzene rings is 1. The van der Waals surface area contributed by atoms with Crippen LogP contribution in [0.3, 0.4) is 0 Å². The Balaban J connectivity index is 0.00000120. The van der Waals surface area contributed by atoms with Crippen LogP contribution in [-0.4, -0.2) is 19.6 Å². The first-order chi connectivity index (χ1) is 8.34. The van der Waals surface area contributed by atoms with E-state index < -0.39 is 0 Å². The Hall–Kier alpha value is -1.91. The summed E-state index contributed by atoms with van der Waals surface area (Å²) in [5.41, 5.74) is 3.51. The Labute approximate surface area is 115 Å². The van der Waals surface area contributed by atoms with Crippen LogP contribution in [0.1, 0.15) is 11.3 Å². The molecule has 0 saturated carbocycles. The fourth-order valence-electron chi connectivity index (χ4n) is 1.82. The van der Waals surface area contributed by atoms with Crippen molar-refractivity contribution in [3.63, 3.8) is 0 Å². The monoisotopic (exact) mass is 288 g/mol. The van der Waals surface area contributed by atoms with E-state index in [9.17, 15) is 0 Å². The standard InChI is InChI=1S/C12H11N5.Cu/c13-17-8-16-11-10(14-7-15-12(11)17)6-9-4-2-1-3-5-9;/h1-5,7-8H,6,13H2;. The average molecular weight is 289 g/mol. The van der Waals surface area contributed by atoms with Crippen LogP contribution in [0.5, 0.6) is 0 Å². The van der Waals surface area contributed by atoms with Crippen LogP contribution in [-0.2, 0) is 23.5 Å². The van der Waals surface area contributed by atoms with Gasteiger partial charge in [-0.15, -0.1) is 0 Å². The SMILES string of the molecule is Nn1cnc2c(Cc3ccccc3)ncnc21.[Cu]. The van der Waals surface area contributed by atoms with E-state index in [1.54, 1.807) is 6.33 Å². The second-order valence-corrected chi connectivity index (χ2v) is 3.81. The number of aromatic nitrogens is 4. The third kappa shape index (κ3) is 2.20. The molecule has 0 aliphatic carbocycles. The zero-order chi connectivity index (χ0) is 11.7. The van der Waals surface area contributed by atoms with Crippen molar-refractivity contribution in [3.05, 3.63) is 54.2 Å². The Morgan fingerprint density at radius 1 is 1.06 bits per heavy atom. The molecule has 2 heterocycles.